The summed E-state index contributed by atoms with van der Waals surface area (Å²) in [6.07, 6.45) is -13.6. The second-order valence-corrected chi connectivity index (χ2v) is 28.2. The molecule has 19 atom stereocenters. The lowest BCUT2D eigenvalue weighted by Crippen LogP contribution is -2.65. The molecule has 0 spiro atoms. The van der Waals surface area contributed by atoms with E-state index in [4.69, 9.17) is 61.7 Å². The largest absolute Gasteiger partial charge is 0.492 e. The molecule has 4 heterocycles. The summed E-state index contributed by atoms with van der Waals surface area (Å²) in [5.74, 6) is 11.6. The molecule has 0 unspecified atom stereocenters. The minimum atomic E-state index is -2.10. The SMILES string of the molecule is CCN[C@H]1CO[C@@H](O[C@H]2[C@H](O[C@H]3C#CC=CC#C[C@]4(O)CC(=O)C(NC(=O)OC)=C3/C4=C\CSSC(C)(C)c3ccccc3)O[C@H](C)[C@@H](NO[C@H]3C[C@H](O)[C@H]([SH]=C(O)c4c(C)c(I)c(O[C@@H]5O[C@@H](C)[C@H](O)[C@@H](OC)[C@H]5O)c(OC)c4OC)[C@@H](C)O3)[C@@H]2O)C[C@@H]1OC. The van der Waals surface area contributed by atoms with Crippen molar-refractivity contribution in [2.24, 2.45) is 0 Å². The highest BCUT2D eigenvalue weighted by Gasteiger charge is 2.52. The first-order valence-electron chi connectivity index (χ1n) is 29.7. The number of hydroxylamine groups is 1. The molecule has 8 rings (SSSR count). The molecule has 502 valence electrons. The molecule has 4 fully saturated rings. The second kappa shape index (κ2) is 32.7. The lowest BCUT2D eigenvalue weighted by molar-refractivity contribution is -0.336. The first kappa shape index (κ1) is 72.9. The van der Waals surface area contributed by atoms with Gasteiger partial charge in [-0.05, 0) is 94.0 Å². The minimum absolute atomic E-state index is 0.0214. The van der Waals surface area contributed by atoms with Crippen molar-refractivity contribution in [3.05, 3.63) is 85.7 Å². The highest BCUT2D eigenvalue weighted by Crippen LogP contribution is 2.49. The van der Waals surface area contributed by atoms with Crippen LogP contribution in [-0.2, 0) is 57.0 Å². The first-order chi connectivity index (χ1) is 43.4. The van der Waals surface area contributed by atoms with Gasteiger partial charge >= 0.3 is 6.09 Å². The summed E-state index contributed by atoms with van der Waals surface area (Å²) in [4.78, 5) is 33.6. The molecular weight excluding hydrogens is 1360 g/mol. The van der Waals surface area contributed by atoms with Crippen LogP contribution in [0.1, 0.15) is 77.5 Å². The molecule has 2 aliphatic carbocycles. The van der Waals surface area contributed by atoms with E-state index in [2.05, 4.69) is 53.6 Å². The fourth-order valence-electron chi connectivity index (χ4n) is 11.6. The fourth-order valence-corrected chi connectivity index (χ4v) is 15.9. The van der Waals surface area contributed by atoms with Crippen molar-refractivity contribution in [1.82, 2.24) is 16.1 Å². The Morgan fingerprint density at radius 1 is 0.879 bits per heavy atom. The first-order valence-corrected chi connectivity index (χ1v) is 34.1. The van der Waals surface area contributed by atoms with Crippen LogP contribution in [-0.4, -0.2) is 217 Å². The number of ketones is 1. The van der Waals surface area contributed by atoms with E-state index < -0.39 is 121 Å². The number of hydrogen-bond donors (Lipinski definition) is 10. The highest BCUT2D eigenvalue weighted by molar-refractivity contribution is 14.1. The van der Waals surface area contributed by atoms with Gasteiger partial charge < -0.3 is 92.8 Å². The average Bonchev–Trinajstić information content (AvgIpc) is 1.05. The van der Waals surface area contributed by atoms with Crippen molar-refractivity contribution in [3.8, 4) is 40.9 Å². The molecule has 24 nitrogen and oxygen atoms in total. The summed E-state index contributed by atoms with van der Waals surface area (Å²) in [7, 11) is 9.98. The van der Waals surface area contributed by atoms with Gasteiger partial charge in [-0.25, -0.2) is 4.79 Å². The van der Waals surface area contributed by atoms with Crippen LogP contribution in [0.2, 0.25) is 0 Å². The smallest absolute Gasteiger partial charge is 0.411 e. The highest BCUT2D eigenvalue weighted by atomic mass is 127. The van der Waals surface area contributed by atoms with Gasteiger partial charge in [0.2, 0.25) is 12.0 Å². The molecule has 0 aromatic heterocycles. The number of nitrogens with one attached hydrogen (secondary N) is 3. The molecule has 91 heavy (non-hydrogen) atoms. The number of carbonyl (C=O) groups excluding carboxylic acids is 2. The molecule has 2 bridgehead atoms. The van der Waals surface area contributed by atoms with Crippen LogP contribution in [0.3, 0.4) is 0 Å². The molecule has 4 saturated heterocycles. The number of ether oxygens (including phenoxy) is 12. The van der Waals surface area contributed by atoms with Crippen LogP contribution in [0.15, 0.2) is 65.4 Å². The molecular formula is C63H84IN3O21S3. The number of allylic oxidation sites excluding steroid dienone is 3. The van der Waals surface area contributed by atoms with E-state index in [1.54, 1.807) is 51.7 Å². The number of methoxy groups -OCH3 is 5. The summed E-state index contributed by atoms with van der Waals surface area (Å²) < 4.78 is 72.9. The maximum absolute atomic E-state index is 14.3. The number of carbonyl (C=O) groups is 2. The van der Waals surface area contributed by atoms with Crippen LogP contribution in [0.25, 0.3) is 0 Å². The van der Waals surface area contributed by atoms with Gasteiger partial charge in [0.05, 0.1) is 97.0 Å². The summed E-state index contributed by atoms with van der Waals surface area (Å²) in [5.41, 5.74) is 2.58. The van der Waals surface area contributed by atoms with Gasteiger partial charge in [-0.15, -0.1) is 0 Å². The third kappa shape index (κ3) is 16.8. The van der Waals surface area contributed by atoms with Crippen molar-refractivity contribution >= 4 is 72.5 Å². The van der Waals surface area contributed by atoms with Crippen molar-refractivity contribution < 1.29 is 102 Å². The zero-order valence-electron chi connectivity index (χ0n) is 52.7. The number of aliphatic hydroxyl groups is 6. The van der Waals surface area contributed by atoms with Crippen LogP contribution in [0, 0.1) is 34.2 Å². The molecule has 2 aromatic rings. The average molecular weight is 1440 g/mol. The van der Waals surface area contributed by atoms with E-state index in [9.17, 15) is 40.2 Å². The molecule has 2 aromatic carbocycles. The predicted molar refractivity (Wildman–Crippen MR) is 349 cm³/mol. The summed E-state index contributed by atoms with van der Waals surface area (Å²) in [6, 6.07) is 8.72. The molecule has 0 radical (unpaired) electrons. The second-order valence-electron chi connectivity index (χ2n) is 22.9. The standard InChI is InChI=1S/C63H84IN3O21S3/c1-13-65-37-30-81-42(28-41(37)76-8)86-55-50(71)47(67-88-43-27-38(68)57(34(5)82-43)90-58(73)44-31(2)46(64)53(56(79-11)52(44)77-9)87-59-51(72)54(78-10)49(70)33(4)84-59)32(3)83-60(55)85-40-23-19-14-15-20-25-63(75)29-39(69)48(66-61(74)80-12)45(40)36(63)24-26-89-91-62(6,7)35-21-17-16-18-22-35/h14-18,21-22,24,32-34,37-38,40-43,47,49-51,54-55,57,59-60,65,67-68,70-73,75,90H,13,26-30H2,1-12H3,(H,66,74)/b15-14?,36-24+/t32-,33+,34-,37+,38+,40+,41+,42+,43+,47-,49+,50+,51-,54-,55-,57-,59+,60+,63+/m1/s1. The Bertz CT molecular complexity index is 3130. The van der Waals surface area contributed by atoms with E-state index in [0.717, 1.165) is 12.7 Å². The number of halogens is 1. The topological polar surface area (TPSA) is 312 Å². The Labute approximate surface area is 555 Å². The number of amides is 1. The van der Waals surface area contributed by atoms with E-state index >= 15 is 0 Å². The number of thiol groups is 1. The molecule has 0 saturated carbocycles. The Balaban J connectivity index is 1.05. The van der Waals surface area contributed by atoms with E-state index in [1.165, 1.54) is 44.3 Å². The Hall–Kier alpha value is -3.91. The van der Waals surface area contributed by atoms with Gasteiger partial charge in [-0.2, -0.15) is 16.8 Å². The number of rotatable bonds is 23. The van der Waals surface area contributed by atoms with Crippen molar-refractivity contribution in [2.45, 2.75) is 188 Å². The zero-order valence-corrected chi connectivity index (χ0v) is 57.4. The fraction of sp³-hybridized carbons (Fsp3) is 0.603. The normalized spacial score (nSPS) is 34.2. The van der Waals surface area contributed by atoms with E-state index in [0.29, 0.717) is 15.7 Å². The number of fused-ring (bicyclic) bond motifs is 2. The van der Waals surface area contributed by atoms with Crippen molar-refractivity contribution in [2.75, 3.05) is 54.5 Å². The number of Topliss-reactive ketones (excluding diaryl/α,β-unsaturated/α-hetero) is 1. The molecule has 1 amide bonds. The number of alkyl carbamates (subject to hydrolysis) is 1. The third-order valence-corrected chi connectivity index (χ3v) is 22.4. The number of aliphatic hydroxyl groups excluding tert-OH is 5. The summed E-state index contributed by atoms with van der Waals surface area (Å²) in [5, 5.41) is 75.8. The van der Waals surface area contributed by atoms with Gasteiger partial charge in [0.15, 0.2) is 41.8 Å². The Morgan fingerprint density at radius 3 is 2.26 bits per heavy atom. The number of hydrogen-bond acceptors (Lipinski definition) is 24. The van der Waals surface area contributed by atoms with Crippen LogP contribution >= 0.6 is 55.5 Å². The minimum Gasteiger partial charge on any atom is -0.492 e. The zero-order chi connectivity index (χ0) is 66.1. The molecule has 4 aliphatic heterocycles. The van der Waals surface area contributed by atoms with Crippen molar-refractivity contribution in [3.63, 3.8) is 0 Å². The van der Waals surface area contributed by atoms with Crippen LogP contribution in [0.4, 0.5) is 4.79 Å². The maximum Gasteiger partial charge on any atom is 0.411 e. The number of benzene rings is 2. The maximum atomic E-state index is 14.3. The van der Waals surface area contributed by atoms with Gasteiger partial charge in [0.25, 0.3) is 0 Å². The predicted octanol–water partition coefficient (Wildman–Crippen LogP) is 4.48. The van der Waals surface area contributed by atoms with Crippen LogP contribution < -0.4 is 30.3 Å². The van der Waals surface area contributed by atoms with Gasteiger partial charge in [-0.3, -0.25) is 14.9 Å². The lowest BCUT2D eigenvalue weighted by Gasteiger charge is -2.46. The summed E-state index contributed by atoms with van der Waals surface area (Å²) in [6.45, 7) is 13.7. The Kier molecular flexibility index (Phi) is 26.2. The molecule has 28 heteroatoms. The monoisotopic (exact) mass is 1440 g/mol. The van der Waals surface area contributed by atoms with E-state index in [1.807, 2.05) is 59.8 Å². The lowest BCUT2D eigenvalue weighted by atomic mass is 9.75. The van der Waals surface area contributed by atoms with Gasteiger partial charge in [0.1, 0.15) is 41.7 Å². The molecule has 9 N–H and O–H groups in total. The Morgan fingerprint density at radius 2 is 1.59 bits per heavy atom. The summed E-state index contributed by atoms with van der Waals surface area (Å²) >= 11 is 2.29. The van der Waals surface area contributed by atoms with Crippen LogP contribution in [0.5, 0.6) is 17.2 Å². The third-order valence-electron chi connectivity index (χ3n) is 16.5. The molecule has 6 aliphatic rings. The van der Waals surface area contributed by atoms with E-state index in [-0.39, 0.29) is 98.2 Å². The van der Waals surface area contributed by atoms with Crippen molar-refractivity contribution in [1.29, 1.82) is 0 Å². The quantitative estimate of drug-likeness (QED) is 0.0139. The van der Waals surface area contributed by atoms with Gasteiger partial charge in [0, 0.05) is 48.7 Å². The number of likely N-dealkylation sites (N-methyl/N-ethyl adjacent to an activating group) is 1. The van der Waals surface area contributed by atoms with Gasteiger partial charge in [-0.1, -0.05) is 88.6 Å².